The van der Waals surface area contributed by atoms with Gasteiger partial charge >= 0.3 is 123 Å². The molecule has 102 valence electrons. The summed E-state index contributed by atoms with van der Waals surface area (Å²) in [4.78, 5) is 0. The van der Waals surface area contributed by atoms with Crippen LogP contribution in [0.25, 0.3) is 11.0 Å². The number of fused-ring (bicyclic) bond motifs is 2. The fourth-order valence-electron chi connectivity index (χ4n) is 2.97. The van der Waals surface area contributed by atoms with E-state index in [0.29, 0.717) is 6.04 Å². The molecule has 0 aliphatic heterocycles. The normalized spacial score (nSPS) is 18.1. The van der Waals surface area contributed by atoms with Crippen molar-refractivity contribution >= 4 is 31.7 Å². The van der Waals surface area contributed by atoms with E-state index in [9.17, 15) is 0 Å². The van der Waals surface area contributed by atoms with Crippen molar-refractivity contribution in [3.05, 3.63) is 35.7 Å². The molecule has 0 saturated carbocycles. The molecule has 1 unspecified atom stereocenters. The molecule has 2 aromatic heterocycles. The monoisotopic (exact) mass is 333 g/mol. The Labute approximate surface area is 123 Å². The van der Waals surface area contributed by atoms with Gasteiger partial charge in [-0.3, -0.25) is 0 Å². The van der Waals surface area contributed by atoms with Crippen LogP contribution in [-0.2, 0) is 13.5 Å². The fraction of sp³-hybridized carbons (Fsp3) is 0.357. The van der Waals surface area contributed by atoms with Gasteiger partial charge in [0.25, 0.3) is 0 Å². The van der Waals surface area contributed by atoms with Gasteiger partial charge in [0.2, 0.25) is 0 Å². The van der Waals surface area contributed by atoms with Gasteiger partial charge in [-0.25, -0.2) is 0 Å². The first-order valence-corrected chi connectivity index (χ1v) is 8.35. The maximum atomic E-state index is 4.54. The number of aryl methyl sites for hydroxylation is 1. The second-order valence-corrected chi connectivity index (χ2v) is 6.31. The Kier molecular flexibility index (Phi) is 2.86. The van der Waals surface area contributed by atoms with Crippen molar-refractivity contribution in [3.63, 3.8) is 0 Å². The van der Waals surface area contributed by atoms with Crippen molar-refractivity contribution in [1.82, 2.24) is 17.7 Å². The Morgan fingerprint density at radius 1 is 1.35 bits per heavy atom. The zero-order chi connectivity index (χ0) is 13.5. The third-order valence-corrected chi connectivity index (χ3v) is 5.13. The van der Waals surface area contributed by atoms with Crippen LogP contribution in [0, 0.1) is 0 Å². The summed E-state index contributed by atoms with van der Waals surface area (Å²) >= 11 is 0.0200. The van der Waals surface area contributed by atoms with Gasteiger partial charge in [-0.2, -0.15) is 0 Å². The van der Waals surface area contributed by atoms with Crippen LogP contribution in [0.2, 0.25) is 0 Å². The Morgan fingerprint density at radius 3 is 3.25 bits per heavy atom. The third kappa shape index (κ3) is 1.87. The molecule has 1 atom stereocenters. The van der Waals surface area contributed by atoms with Crippen LogP contribution in [0.3, 0.4) is 0 Å². The van der Waals surface area contributed by atoms with Crippen molar-refractivity contribution in [2.75, 3.05) is 5.32 Å². The van der Waals surface area contributed by atoms with E-state index in [1.165, 1.54) is 17.7 Å². The molecular weight excluding hydrogens is 317 g/mol. The zero-order valence-electron chi connectivity index (χ0n) is 11.2. The molecule has 0 bridgehead atoms. The molecule has 0 spiro atoms. The van der Waals surface area contributed by atoms with E-state index < -0.39 is 0 Å². The van der Waals surface area contributed by atoms with Crippen molar-refractivity contribution < 1.29 is 0 Å². The Bertz CT molecular complexity index is 760. The minimum atomic E-state index is 0.0200. The Hall–Kier alpha value is -1.65. The number of hydrogen-bond donors (Lipinski definition) is 1. The molecule has 6 heteroatoms. The first-order valence-electron chi connectivity index (χ1n) is 6.81. The second-order valence-electron chi connectivity index (χ2n) is 5.20. The molecule has 4 rings (SSSR count). The predicted molar refractivity (Wildman–Crippen MR) is 79.0 cm³/mol. The van der Waals surface area contributed by atoms with E-state index in [2.05, 4.69) is 30.5 Å². The number of aromatic nitrogens is 4. The predicted octanol–water partition coefficient (Wildman–Crippen LogP) is 1.91. The van der Waals surface area contributed by atoms with Gasteiger partial charge in [-0.15, -0.1) is 0 Å². The summed E-state index contributed by atoms with van der Waals surface area (Å²) in [5, 5.41) is 8.05. The molecule has 0 amide bonds. The van der Waals surface area contributed by atoms with E-state index in [1.54, 1.807) is 0 Å². The molecule has 5 nitrogen and oxygen atoms in total. The van der Waals surface area contributed by atoms with Crippen LogP contribution in [0.1, 0.15) is 30.1 Å². The van der Waals surface area contributed by atoms with Crippen LogP contribution in [-0.4, -0.2) is 32.7 Å². The van der Waals surface area contributed by atoms with Gasteiger partial charge in [-0.1, -0.05) is 0 Å². The van der Waals surface area contributed by atoms with Crippen LogP contribution >= 0.6 is 0 Å². The number of rotatable bonds is 2. The zero-order valence-corrected chi connectivity index (χ0v) is 12.9. The molecule has 0 saturated heterocycles. The number of nitrogens with zero attached hydrogens (tertiary/aromatic N) is 4. The maximum absolute atomic E-state index is 4.54. The topological polar surface area (TPSA) is 55.6 Å². The van der Waals surface area contributed by atoms with Crippen molar-refractivity contribution in [2.24, 2.45) is 7.05 Å². The molecule has 0 radical (unpaired) electrons. The molecule has 2 heterocycles. The number of benzene rings is 1. The SMILES string of the molecule is Cn1ncc2c1CCCC2Nc1cccc2n[se]nc12. The molecule has 20 heavy (non-hydrogen) atoms. The number of anilines is 1. The van der Waals surface area contributed by atoms with Gasteiger partial charge < -0.3 is 0 Å². The number of nitrogens with one attached hydrogen (secondary N) is 1. The van der Waals surface area contributed by atoms with Gasteiger partial charge in [-0.05, 0) is 0 Å². The van der Waals surface area contributed by atoms with Crippen LogP contribution in [0.15, 0.2) is 24.4 Å². The molecule has 1 N–H and O–H groups in total. The molecule has 1 aliphatic carbocycles. The van der Waals surface area contributed by atoms with E-state index in [-0.39, 0.29) is 15.0 Å². The molecular formula is C14H15N5Se. The Balaban J connectivity index is 1.72. The summed E-state index contributed by atoms with van der Waals surface area (Å²) in [6.07, 6.45) is 5.47. The van der Waals surface area contributed by atoms with Gasteiger partial charge in [0.15, 0.2) is 0 Å². The van der Waals surface area contributed by atoms with Gasteiger partial charge in [0, 0.05) is 0 Å². The summed E-state index contributed by atoms with van der Waals surface area (Å²) in [5.41, 5.74) is 5.84. The first-order chi connectivity index (χ1) is 9.83. The minimum absolute atomic E-state index is 0.0200. The first kappa shape index (κ1) is 12.1. The molecule has 1 aliphatic rings. The summed E-state index contributed by atoms with van der Waals surface area (Å²) in [6.45, 7) is 0. The van der Waals surface area contributed by atoms with Crippen molar-refractivity contribution in [2.45, 2.75) is 25.3 Å². The summed E-state index contributed by atoms with van der Waals surface area (Å²) in [5.74, 6) is 0. The van der Waals surface area contributed by atoms with Crippen molar-refractivity contribution in [3.8, 4) is 0 Å². The number of hydrogen-bond acceptors (Lipinski definition) is 4. The van der Waals surface area contributed by atoms with Crippen LogP contribution in [0.5, 0.6) is 0 Å². The molecule has 1 aromatic carbocycles. The molecule has 3 aromatic rings. The third-order valence-electron chi connectivity index (χ3n) is 3.99. The summed E-state index contributed by atoms with van der Waals surface area (Å²) in [7, 11) is 2.03. The Morgan fingerprint density at radius 2 is 2.30 bits per heavy atom. The van der Waals surface area contributed by atoms with Crippen LogP contribution < -0.4 is 5.32 Å². The second kappa shape index (κ2) is 4.72. The van der Waals surface area contributed by atoms with Gasteiger partial charge in [0.1, 0.15) is 0 Å². The van der Waals surface area contributed by atoms with Crippen molar-refractivity contribution in [1.29, 1.82) is 0 Å². The fourth-order valence-corrected chi connectivity index (χ4v) is 4.12. The average molecular weight is 332 g/mol. The molecule has 0 fully saturated rings. The van der Waals surface area contributed by atoms with E-state index >= 15 is 0 Å². The summed E-state index contributed by atoms with van der Waals surface area (Å²) < 4.78 is 11.0. The average Bonchev–Trinajstić information content (AvgIpc) is 3.08. The van der Waals surface area contributed by atoms with Crippen LogP contribution in [0.4, 0.5) is 5.69 Å². The van der Waals surface area contributed by atoms with E-state index in [4.69, 9.17) is 0 Å². The summed E-state index contributed by atoms with van der Waals surface area (Å²) in [6, 6.07) is 6.52. The van der Waals surface area contributed by atoms with E-state index in [1.807, 2.05) is 24.0 Å². The quantitative estimate of drug-likeness (QED) is 0.729. The standard InChI is InChI=1S/C14H15N5Se/c1-19-13-7-3-4-10(9(13)8-15-19)16-11-5-2-6-12-14(11)18-20-17-12/h2,5-6,8,10,16H,3-4,7H2,1H3. The van der Waals surface area contributed by atoms with E-state index in [0.717, 1.165) is 29.6 Å². The van der Waals surface area contributed by atoms with Gasteiger partial charge in [0.05, 0.1) is 0 Å².